The minimum Gasteiger partial charge on any atom is -0.443 e. The summed E-state index contributed by atoms with van der Waals surface area (Å²) < 4.78 is 5.62. The molecule has 1 heterocycles. The van der Waals surface area contributed by atoms with Gasteiger partial charge in [0.15, 0.2) is 0 Å². The van der Waals surface area contributed by atoms with E-state index < -0.39 is 12.1 Å². The van der Waals surface area contributed by atoms with Crippen LogP contribution in [0.1, 0.15) is 27.0 Å². The molecule has 0 bridgehead atoms. The Hall–Kier alpha value is -2.99. The van der Waals surface area contributed by atoms with Crippen molar-refractivity contribution in [2.45, 2.75) is 13.0 Å². The monoisotopic (exact) mass is 380 g/mol. The Labute approximate surface area is 162 Å². The molecule has 0 radical (unpaired) electrons. The second-order valence-electron chi connectivity index (χ2n) is 6.23. The van der Waals surface area contributed by atoms with Gasteiger partial charge in [0.2, 0.25) is 6.10 Å². The van der Waals surface area contributed by atoms with Crippen LogP contribution in [0.5, 0.6) is 0 Å². The molecule has 1 amide bonds. The van der Waals surface area contributed by atoms with E-state index in [2.05, 4.69) is 4.98 Å². The molecule has 0 aliphatic carbocycles. The lowest BCUT2D eigenvalue weighted by molar-refractivity contribution is -0.138. The van der Waals surface area contributed by atoms with E-state index >= 15 is 0 Å². The SMILES string of the molecule is Cc1nc(-c2ccccc2)sc1C(=O)OC(C(=O)N(C)C)c1ccccc1. The van der Waals surface area contributed by atoms with Crippen LogP contribution in [0.4, 0.5) is 0 Å². The predicted molar refractivity (Wildman–Crippen MR) is 106 cm³/mol. The number of ether oxygens (including phenoxy) is 1. The van der Waals surface area contributed by atoms with Crippen LogP contribution in [0.15, 0.2) is 60.7 Å². The Morgan fingerprint density at radius 3 is 2.19 bits per heavy atom. The van der Waals surface area contributed by atoms with Crippen molar-refractivity contribution in [3.8, 4) is 10.6 Å². The third kappa shape index (κ3) is 4.23. The molecular formula is C21H20N2O3S. The average molecular weight is 380 g/mol. The number of thiazole rings is 1. The summed E-state index contributed by atoms with van der Waals surface area (Å²) in [6.45, 7) is 1.77. The largest absolute Gasteiger partial charge is 0.443 e. The summed E-state index contributed by atoms with van der Waals surface area (Å²) in [6.07, 6.45) is -0.990. The third-order valence-electron chi connectivity index (χ3n) is 4.00. The Morgan fingerprint density at radius 2 is 1.59 bits per heavy atom. The lowest BCUT2D eigenvalue weighted by Gasteiger charge is -2.21. The van der Waals surface area contributed by atoms with Gasteiger partial charge < -0.3 is 9.64 Å². The summed E-state index contributed by atoms with van der Waals surface area (Å²) in [5, 5.41) is 0.746. The highest BCUT2D eigenvalue weighted by atomic mass is 32.1. The first-order valence-electron chi connectivity index (χ1n) is 8.47. The third-order valence-corrected chi connectivity index (χ3v) is 5.18. The van der Waals surface area contributed by atoms with Gasteiger partial charge in [-0.25, -0.2) is 9.78 Å². The van der Waals surface area contributed by atoms with Gasteiger partial charge in [-0.1, -0.05) is 60.7 Å². The summed E-state index contributed by atoms with van der Waals surface area (Å²) in [5.74, 6) is -0.837. The summed E-state index contributed by atoms with van der Waals surface area (Å²) in [6, 6.07) is 18.7. The van der Waals surface area contributed by atoms with Gasteiger partial charge in [0.1, 0.15) is 9.88 Å². The van der Waals surface area contributed by atoms with E-state index in [0.29, 0.717) is 16.1 Å². The number of carbonyl (C=O) groups is 2. The summed E-state index contributed by atoms with van der Waals surface area (Å²) in [7, 11) is 3.27. The van der Waals surface area contributed by atoms with E-state index in [1.165, 1.54) is 16.2 Å². The fourth-order valence-electron chi connectivity index (χ4n) is 2.57. The Morgan fingerprint density at radius 1 is 1.00 bits per heavy atom. The zero-order valence-corrected chi connectivity index (χ0v) is 16.2. The number of carbonyl (C=O) groups excluding carboxylic acids is 2. The van der Waals surface area contributed by atoms with Crippen molar-refractivity contribution < 1.29 is 14.3 Å². The second kappa shape index (κ2) is 8.14. The molecular weight excluding hydrogens is 360 g/mol. The number of benzene rings is 2. The molecule has 1 aromatic heterocycles. The lowest BCUT2D eigenvalue weighted by Crippen LogP contribution is -2.31. The van der Waals surface area contributed by atoms with Crippen LogP contribution in [0.3, 0.4) is 0 Å². The number of aromatic nitrogens is 1. The molecule has 6 heteroatoms. The maximum absolute atomic E-state index is 12.8. The smallest absolute Gasteiger partial charge is 0.351 e. The van der Waals surface area contributed by atoms with Crippen molar-refractivity contribution >= 4 is 23.2 Å². The summed E-state index contributed by atoms with van der Waals surface area (Å²) in [4.78, 5) is 31.7. The molecule has 1 atom stereocenters. The van der Waals surface area contributed by atoms with Crippen molar-refractivity contribution in [2.75, 3.05) is 14.1 Å². The normalized spacial score (nSPS) is 11.7. The van der Waals surface area contributed by atoms with Crippen molar-refractivity contribution in [1.82, 2.24) is 9.88 Å². The number of amides is 1. The number of nitrogens with zero attached hydrogens (tertiary/aromatic N) is 2. The number of likely N-dealkylation sites (N-methyl/N-ethyl adjacent to an activating group) is 1. The first-order valence-corrected chi connectivity index (χ1v) is 9.29. The average Bonchev–Trinajstić information content (AvgIpc) is 3.08. The van der Waals surface area contributed by atoms with E-state index in [-0.39, 0.29) is 5.91 Å². The zero-order chi connectivity index (χ0) is 19.4. The maximum Gasteiger partial charge on any atom is 0.351 e. The highest BCUT2D eigenvalue weighted by Gasteiger charge is 2.28. The molecule has 3 aromatic rings. The first kappa shape index (κ1) is 18.8. The number of esters is 1. The molecule has 0 fully saturated rings. The summed E-state index contributed by atoms with van der Waals surface area (Å²) >= 11 is 1.27. The predicted octanol–water partition coefficient (Wildman–Crippen LogP) is 4.10. The van der Waals surface area contributed by atoms with Crippen molar-refractivity contribution in [1.29, 1.82) is 0 Å². The molecule has 138 valence electrons. The van der Waals surface area contributed by atoms with Gasteiger partial charge in [-0.2, -0.15) is 0 Å². The Bertz CT molecular complexity index is 937. The van der Waals surface area contributed by atoms with Crippen LogP contribution in [0, 0.1) is 6.92 Å². The molecule has 1 unspecified atom stereocenters. The summed E-state index contributed by atoms with van der Waals surface area (Å²) in [5.41, 5.74) is 2.16. The van der Waals surface area contributed by atoms with Crippen LogP contribution < -0.4 is 0 Å². The molecule has 0 saturated heterocycles. The molecule has 3 rings (SSSR count). The standard InChI is InChI=1S/C21H20N2O3S/c1-14-18(27-19(22-14)16-12-8-5-9-13-16)21(25)26-17(20(24)23(2)3)15-10-6-4-7-11-15/h4-13,17H,1-3H3. The zero-order valence-electron chi connectivity index (χ0n) is 15.4. The van der Waals surface area contributed by atoms with Gasteiger partial charge in [-0.15, -0.1) is 11.3 Å². The molecule has 0 N–H and O–H groups in total. The highest BCUT2D eigenvalue weighted by Crippen LogP contribution is 2.30. The molecule has 0 spiro atoms. The van der Waals surface area contributed by atoms with Crippen LogP contribution >= 0.6 is 11.3 Å². The number of hydrogen-bond acceptors (Lipinski definition) is 5. The maximum atomic E-state index is 12.8. The number of hydrogen-bond donors (Lipinski definition) is 0. The van der Waals surface area contributed by atoms with Crippen molar-refractivity contribution in [2.24, 2.45) is 0 Å². The lowest BCUT2D eigenvalue weighted by atomic mass is 10.1. The van der Waals surface area contributed by atoms with Gasteiger partial charge >= 0.3 is 5.97 Å². The van der Waals surface area contributed by atoms with Crippen LogP contribution in [-0.4, -0.2) is 35.9 Å². The van der Waals surface area contributed by atoms with E-state index in [1.807, 2.05) is 48.5 Å². The molecule has 5 nitrogen and oxygen atoms in total. The van der Waals surface area contributed by atoms with Crippen LogP contribution in [0.25, 0.3) is 10.6 Å². The van der Waals surface area contributed by atoms with Gasteiger partial charge in [-0.05, 0) is 6.92 Å². The highest BCUT2D eigenvalue weighted by molar-refractivity contribution is 7.17. The van der Waals surface area contributed by atoms with E-state index in [4.69, 9.17) is 4.74 Å². The Balaban J connectivity index is 1.88. The minimum atomic E-state index is -0.990. The number of aryl methyl sites for hydroxylation is 1. The topological polar surface area (TPSA) is 59.5 Å². The van der Waals surface area contributed by atoms with Crippen LogP contribution in [-0.2, 0) is 9.53 Å². The van der Waals surface area contributed by atoms with Gasteiger partial charge in [-0.3, -0.25) is 4.79 Å². The fourth-order valence-corrected chi connectivity index (χ4v) is 3.53. The molecule has 0 aliphatic rings. The van der Waals surface area contributed by atoms with Crippen LogP contribution in [0.2, 0.25) is 0 Å². The first-order chi connectivity index (χ1) is 13.0. The quantitative estimate of drug-likeness (QED) is 0.625. The Kier molecular flexibility index (Phi) is 5.66. The molecule has 0 saturated carbocycles. The van der Waals surface area contributed by atoms with E-state index in [0.717, 1.165) is 10.6 Å². The molecule has 0 aliphatic heterocycles. The molecule has 2 aromatic carbocycles. The van der Waals surface area contributed by atoms with Gasteiger partial charge in [0, 0.05) is 25.2 Å². The number of rotatable bonds is 5. The van der Waals surface area contributed by atoms with E-state index in [9.17, 15) is 9.59 Å². The van der Waals surface area contributed by atoms with E-state index in [1.54, 1.807) is 33.2 Å². The molecule has 27 heavy (non-hydrogen) atoms. The second-order valence-corrected chi connectivity index (χ2v) is 7.23. The van der Waals surface area contributed by atoms with Gasteiger partial charge in [0.05, 0.1) is 5.69 Å². The van der Waals surface area contributed by atoms with Crippen molar-refractivity contribution in [3.63, 3.8) is 0 Å². The fraction of sp³-hybridized carbons (Fsp3) is 0.190. The minimum absolute atomic E-state index is 0.292. The van der Waals surface area contributed by atoms with Gasteiger partial charge in [0.25, 0.3) is 5.91 Å². The van der Waals surface area contributed by atoms with Crippen molar-refractivity contribution in [3.05, 3.63) is 76.8 Å².